The maximum Gasteiger partial charge on any atom is 0.135 e. The van der Waals surface area contributed by atoms with Crippen molar-refractivity contribution in [3.63, 3.8) is 0 Å². The second-order valence-electron chi connectivity index (χ2n) is 2.77. The minimum absolute atomic E-state index is 0.164. The van der Waals surface area contributed by atoms with E-state index in [1.807, 2.05) is 0 Å². The Kier molecular flexibility index (Phi) is 3.52. The summed E-state index contributed by atoms with van der Waals surface area (Å²) in [4.78, 5) is 10.8. The van der Waals surface area contributed by atoms with Gasteiger partial charge in [0.1, 0.15) is 5.78 Å². The third-order valence-corrected chi connectivity index (χ3v) is 1.84. The van der Waals surface area contributed by atoms with Crippen LogP contribution in [0, 0.1) is 0 Å². The van der Waals surface area contributed by atoms with Crippen LogP contribution in [0.15, 0.2) is 0 Å². The number of ketones is 1. The second-order valence-corrected chi connectivity index (χ2v) is 2.77. The first-order chi connectivity index (χ1) is 5.33. The van der Waals surface area contributed by atoms with Crippen LogP contribution in [0.5, 0.6) is 0 Å². The highest BCUT2D eigenvalue weighted by molar-refractivity contribution is 5.80. The molecule has 1 atom stereocenters. The van der Waals surface area contributed by atoms with Crippen molar-refractivity contribution in [2.24, 2.45) is 0 Å². The first-order valence-corrected chi connectivity index (χ1v) is 3.95. The largest absolute Gasteiger partial charge is 0.382 e. The molecule has 0 saturated heterocycles. The van der Waals surface area contributed by atoms with Crippen LogP contribution in [0.4, 0.5) is 0 Å². The summed E-state index contributed by atoms with van der Waals surface area (Å²) in [5, 5.41) is 0. The lowest BCUT2D eigenvalue weighted by atomic mass is 10.3. The highest BCUT2D eigenvalue weighted by Crippen LogP contribution is 2.17. The minimum Gasteiger partial charge on any atom is -0.382 e. The zero-order chi connectivity index (χ0) is 8.10. The van der Waals surface area contributed by atoms with Crippen molar-refractivity contribution in [1.29, 1.82) is 0 Å². The van der Waals surface area contributed by atoms with Gasteiger partial charge in [0.2, 0.25) is 0 Å². The van der Waals surface area contributed by atoms with Crippen molar-refractivity contribution >= 4 is 5.78 Å². The van der Waals surface area contributed by atoms with Crippen molar-refractivity contribution in [3.8, 4) is 0 Å². The standard InChI is InChI=1S/C8H14O3/c1-10-4-5-11-8-3-2-7(9)6-8/h8H,2-6H2,1H3. The maximum absolute atomic E-state index is 10.8. The molecule has 3 nitrogen and oxygen atoms in total. The first-order valence-electron chi connectivity index (χ1n) is 3.95. The van der Waals surface area contributed by atoms with E-state index >= 15 is 0 Å². The summed E-state index contributed by atoms with van der Waals surface area (Å²) in [7, 11) is 1.64. The second kappa shape index (κ2) is 4.46. The molecule has 1 unspecified atom stereocenters. The number of hydrogen-bond donors (Lipinski definition) is 0. The van der Waals surface area contributed by atoms with Crippen LogP contribution in [0.1, 0.15) is 19.3 Å². The van der Waals surface area contributed by atoms with Gasteiger partial charge in [0.05, 0.1) is 19.3 Å². The highest BCUT2D eigenvalue weighted by atomic mass is 16.5. The van der Waals surface area contributed by atoms with E-state index in [4.69, 9.17) is 9.47 Å². The van der Waals surface area contributed by atoms with Crippen molar-refractivity contribution < 1.29 is 14.3 Å². The predicted octanol–water partition coefficient (Wildman–Crippen LogP) is 0.771. The van der Waals surface area contributed by atoms with Gasteiger partial charge in [-0.25, -0.2) is 0 Å². The molecule has 0 aliphatic heterocycles. The Morgan fingerprint density at radius 3 is 2.91 bits per heavy atom. The molecule has 0 amide bonds. The molecule has 0 spiro atoms. The molecule has 0 aromatic heterocycles. The summed E-state index contributed by atoms with van der Waals surface area (Å²) in [6, 6.07) is 0. The van der Waals surface area contributed by atoms with Crippen LogP contribution in [0.25, 0.3) is 0 Å². The Morgan fingerprint density at radius 2 is 2.36 bits per heavy atom. The molecule has 3 heteroatoms. The van der Waals surface area contributed by atoms with Gasteiger partial charge < -0.3 is 9.47 Å². The zero-order valence-corrected chi connectivity index (χ0v) is 6.84. The SMILES string of the molecule is COCCOC1CCC(=O)C1. The maximum atomic E-state index is 10.8. The summed E-state index contributed by atoms with van der Waals surface area (Å²) in [5.74, 6) is 0.326. The highest BCUT2D eigenvalue weighted by Gasteiger charge is 2.21. The monoisotopic (exact) mass is 158 g/mol. The van der Waals surface area contributed by atoms with Gasteiger partial charge in [-0.1, -0.05) is 0 Å². The molecule has 64 valence electrons. The van der Waals surface area contributed by atoms with E-state index in [0.717, 1.165) is 6.42 Å². The summed E-state index contributed by atoms with van der Waals surface area (Å²) in [5.41, 5.74) is 0. The summed E-state index contributed by atoms with van der Waals surface area (Å²) >= 11 is 0. The van der Waals surface area contributed by atoms with E-state index in [1.165, 1.54) is 0 Å². The molecule has 1 saturated carbocycles. The quantitative estimate of drug-likeness (QED) is 0.567. The molecule has 0 N–H and O–H groups in total. The van der Waals surface area contributed by atoms with Crippen LogP contribution in [-0.2, 0) is 14.3 Å². The summed E-state index contributed by atoms with van der Waals surface area (Å²) in [6.07, 6.45) is 2.35. The Bertz CT molecular complexity index is 133. The van der Waals surface area contributed by atoms with Gasteiger partial charge in [-0.15, -0.1) is 0 Å². The van der Waals surface area contributed by atoms with Crippen LogP contribution >= 0.6 is 0 Å². The van der Waals surface area contributed by atoms with Gasteiger partial charge in [0.15, 0.2) is 0 Å². The lowest BCUT2D eigenvalue weighted by Crippen LogP contribution is -2.12. The number of Topliss-reactive ketones (excluding diaryl/α,β-unsaturated/α-hetero) is 1. The fourth-order valence-corrected chi connectivity index (χ4v) is 1.22. The molecule has 0 heterocycles. The molecule has 0 aromatic carbocycles. The third-order valence-electron chi connectivity index (χ3n) is 1.84. The molecule has 1 rings (SSSR count). The number of carbonyl (C=O) groups excluding carboxylic acids is 1. The lowest BCUT2D eigenvalue weighted by Gasteiger charge is -2.08. The van der Waals surface area contributed by atoms with E-state index < -0.39 is 0 Å². The first kappa shape index (κ1) is 8.68. The molecule has 0 aromatic rings. The molecule has 0 bridgehead atoms. The van der Waals surface area contributed by atoms with Gasteiger partial charge in [-0.2, -0.15) is 0 Å². The zero-order valence-electron chi connectivity index (χ0n) is 6.84. The number of methoxy groups -OCH3 is 1. The van der Waals surface area contributed by atoms with Crippen molar-refractivity contribution in [1.82, 2.24) is 0 Å². The average molecular weight is 158 g/mol. The third kappa shape index (κ3) is 2.99. The van der Waals surface area contributed by atoms with Crippen LogP contribution in [-0.4, -0.2) is 32.2 Å². The van der Waals surface area contributed by atoms with Crippen LogP contribution < -0.4 is 0 Å². The molecule has 1 aliphatic carbocycles. The van der Waals surface area contributed by atoms with Crippen molar-refractivity contribution in [2.75, 3.05) is 20.3 Å². The molecule has 1 aliphatic rings. The molecule has 1 fully saturated rings. The van der Waals surface area contributed by atoms with Crippen LogP contribution in [0.2, 0.25) is 0 Å². The normalized spacial score (nSPS) is 24.5. The summed E-state index contributed by atoms with van der Waals surface area (Å²) in [6.45, 7) is 1.22. The van der Waals surface area contributed by atoms with Gasteiger partial charge in [-0.3, -0.25) is 4.79 Å². The number of ether oxygens (including phenoxy) is 2. The summed E-state index contributed by atoms with van der Waals surface area (Å²) < 4.78 is 10.2. The Labute approximate surface area is 66.7 Å². The molecule has 0 radical (unpaired) electrons. The molecular weight excluding hydrogens is 144 g/mol. The number of hydrogen-bond acceptors (Lipinski definition) is 3. The van der Waals surface area contributed by atoms with Gasteiger partial charge in [0, 0.05) is 20.0 Å². The fraction of sp³-hybridized carbons (Fsp3) is 0.875. The Hall–Kier alpha value is -0.410. The van der Waals surface area contributed by atoms with E-state index in [2.05, 4.69) is 0 Å². The Morgan fingerprint density at radius 1 is 1.55 bits per heavy atom. The molecule has 11 heavy (non-hydrogen) atoms. The van der Waals surface area contributed by atoms with Gasteiger partial charge >= 0.3 is 0 Å². The van der Waals surface area contributed by atoms with Gasteiger partial charge in [0.25, 0.3) is 0 Å². The number of rotatable bonds is 4. The van der Waals surface area contributed by atoms with E-state index in [-0.39, 0.29) is 6.10 Å². The lowest BCUT2D eigenvalue weighted by molar-refractivity contribution is -0.118. The fourth-order valence-electron chi connectivity index (χ4n) is 1.22. The molecular formula is C8H14O3. The Balaban J connectivity index is 2.04. The van der Waals surface area contributed by atoms with E-state index in [9.17, 15) is 4.79 Å². The smallest absolute Gasteiger partial charge is 0.135 e. The van der Waals surface area contributed by atoms with Gasteiger partial charge in [-0.05, 0) is 6.42 Å². The average Bonchev–Trinajstić information content (AvgIpc) is 2.37. The van der Waals surface area contributed by atoms with Crippen molar-refractivity contribution in [3.05, 3.63) is 0 Å². The van der Waals surface area contributed by atoms with E-state index in [0.29, 0.717) is 31.8 Å². The van der Waals surface area contributed by atoms with E-state index in [1.54, 1.807) is 7.11 Å². The van der Waals surface area contributed by atoms with Crippen molar-refractivity contribution in [2.45, 2.75) is 25.4 Å². The predicted molar refractivity (Wildman–Crippen MR) is 40.5 cm³/mol. The van der Waals surface area contributed by atoms with Crippen LogP contribution in [0.3, 0.4) is 0 Å². The minimum atomic E-state index is 0.164. The number of carbonyl (C=O) groups is 1. The topological polar surface area (TPSA) is 35.5 Å².